The maximum Gasteiger partial charge on any atom is 0.154 e. The second kappa shape index (κ2) is 6.54. The average Bonchev–Trinajstić information content (AvgIpc) is 3.00. The molecule has 2 saturated heterocycles. The number of aromatic nitrogens is 1. The van der Waals surface area contributed by atoms with E-state index in [0.29, 0.717) is 6.54 Å². The van der Waals surface area contributed by atoms with Crippen LogP contribution in [-0.4, -0.2) is 55.5 Å². The van der Waals surface area contributed by atoms with Gasteiger partial charge in [0.15, 0.2) is 9.84 Å². The summed E-state index contributed by atoms with van der Waals surface area (Å²) in [6, 6.07) is 4.22. The third-order valence-corrected chi connectivity index (χ3v) is 7.02. The summed E-state index contributed by atoms with van der Waals surface area (Å²) in [6.07, 6.45) is 5.17. The molecular weight excluding hydrogens is 298 g/mol. The molecule has 5 nitrogen and oxygen atoms in total. The van der Waals surface area contributed by atoms with Gasteiger partial charge < -0.3 is 4.90 Å². The monoisotopic (exact) mass is 323 g/mol. The van der Waals surface area contributed by atoms with Crippen molar-refractivity contribution >= 4 is 15.7 Å². The zero-order valence-electron chi connectivity index (χ0n) is 13.2. The lowest BCUT2D eigenvalue weighted by atomic mass is 10.2. The fourth-order valence-electron chi connectivity index (χ4n) is 3.17. The quantitative estimate of drug-likeness (QED) is 0.847. The molecule has 1 aromatic heterocycles. The van der Waals surface area contributed by atoms with Crippen LogP contribution in [0.15, 0.2) is 18.3 Å². The minimum atomic E-state index is -2.90. The Morgan fingerprint density at radius 3 is 2.64 bits per heavy atom. The van der Waals surface area contributed by atoms with Gasteiger partial charge in [-0.3, -0.25) is 4.90 Å². The van der Waals surface area contributed by atoms with E-state index in [2.05, 4.69) is 26.9 Å². The Balaban J connectivity index is 1.61. The van der Waals surface area contributed by atoms with Crippen molar-refractivity contribution in [3.63, 3.8) is 0 Å². The summed E-state index contributed by atoms with van der Waals surface area (Å²) in [6.45, 7) is 6.29. The zero-order valence-corrected chi connectivity index (χ0v) is 14.1. The van der Waals surface area contributed by atoms with Gasteiger partial charge in [0.25, 0.3) is 0 Å². The Morgan fingerprint density at radius 2 is 1.95 bits per heavy atom. The molecule has 2 aliphatic heterocycles. The summed E-state index contributed by atoms with van der Waals surface area (Å²) < 4.78 is 23.9. The standard InChI is InChI=1S/C16H25N3O2S/c1-14-6-9-18(10-11-22(14,20)21)13-15-4-5-16(17-12-15)19-7-2-3-8-19/h4-5,12,14H,2-3,6-11,13H2,1H3. The topological polar surface area (TPSA) is 53.5 Å². The SMILES string of the molecule is CC1CCN(Cc2ccc(N3CCCC3)nc2)CCS1(=O)=O. The molecule has 0 bridgehead atoms. The van der Waals surface area contributed by atoms with Crippen LogP contribution < -0.4 is 4.90 Å². The van der Waals surface area contributed by atoms with Gasteiger partial charge in [-0.2, -0.15) is 0 Å². The number of anilines is 1. The highest BCUT2D eigenvalue weighted by atomic mass is 32.2. The van der Waals surface area contributed by atoms with Crippen molar-refractivity contribution in [2.75, 3.05) is 36.8 Å². The molecule has 0 amide bonds. The first-order valence-corrected chi connectivity index (χ1v) is 9.90. The fraction of sp³-hybridized carbons (Fsp3) is 0.688. The van der Waals surface area contributed by atoms with E-state index in [1.807, 2.05) is 13.1 Å². The molecule has 0 aliphatic carbocycles. The molecule has 6 heteroatoms. The summed E-state index contributed by atoms with van der Waals surface area (Å²) in [5.41, 5.74) is 1.16. The average molecular weight is 323 g/mol. The highest BCUT2D eigenvalue weighted by Gasteiger charge is 2.26. The van der Waals surface area contributed by atoms with Gasteiger partial charge in [0.1, 0.15) is 5.82 Å². The van der Waals surface area contributed by atoms with Crippen molar-refractivity contribution in [3.8, 4) is 0 Å². The van der Waals surface area contributed by atoms with E-state index in [0.717, 1.165) is 44.0 Å². The van der Waals surface area contributed by atoms with Gasteiger partial charge in [-0.25, -0.2) is 13.4 Å². The largest absolute Gasteiger partial charge is 0.357 e. The molecule has 22 heavy (non-hydrogen) atoms. The van der Waals surface area contributed by atoms with Crippen LogP contribution >= 0.6 is 0 Å². The van der Waals surface area contributed by atoms with Crippen LogP contribution in [0.4, 0.5) is 5.82 Å². The lowest BCUT2D eigenvalue weighted by molar-refractivity contribution is 0.283. The van der Waals surface area contributed by atoms with Crippen molar-refractivity contribution in [2.45, 2.75) is 38.0 Å². The third kappa shape index (κ3) is 3.60. The van der Waals surface area contributed by atoms with Crippen LogP contribution in [0, 0.1) is 0 Å². The maximum atomic E-state index is 11.9. The molecule has 0 N–H and O–H groups in total. The van der Waals surface area contributed by atoms with E-state index in [1.54, 1.807) is 0 Å². The van der Waals surface area contributed by atoms with E-state index < -0.39 is 9.84 Å². The van der Waals surface area contributed by atoms with Crippen molar-refractivity contribution in [1.29, 1.82) is 0 Å². The van der Waals surface area contributed by atoms with Crippen LogP contribution in [0.2, 0.25) is 0 Å². The van der Waals surface area contributed by atoms with Crippen molar-refractivity contribution in [3.05, 3.63) is 23.9 Å². The molecule has 2 fully saturated rings. The molecule has 0 spiro atoms. The van der Waals surface area contributed by atoms with Gasteiger partial charge >= 0.3 is 0 Å². The fourth-order valence-corrected chi connectivity index (χ4v) is 4.55. The summed E-state index contributed by atoms with van der Waals surface area (Å²) in [7, 11) is -2.90. The van der Waals surface area contributed by atoms with E-state index >= 15 is 0 Å². The highest BCUT2D eigenvalue weighted by Crippen LogP contribution is 2.19. The predicted octanol–water partition coefficient (Wildman–Crippen LogP) is 1.69. The lowest BCUT2D eigenvalue weighted by Gasteiger charge is -2.20. The minimum Gasteiger partial charge on any atom is -0.357 e. The normalized spacial score (nSPS) is 26.0. The van der Waals surface area contributed by atoms with Gasteiger partial charge in [-0.15, -0.1) is 0 Å². The second-order valence-corrected chi connectivity index (χ2v) is 9.00. The van der Waals surface area contributed by atoms with E-state index in [-0.39, 0.29) is 11.0 Å². The van der Waals surface area contributed by atoms with Crippen LogP contribution in [0.3, 0.4) is 0 Å². The molecule has 3 rings (SSSR count). The van der Waals surface area contributed by atoms with Gasteiger partial charge in [0.05, 0.1) is 11.0 Å². The number of nitrogens with zero attached hydrogens (tertiary/aromatic N) is 3. The molecule has 2 aliphatic rings. The Labute approximate surface area is 133 Å². The third-order valence-electron chi connectivity index (χ3n) is 4.80. The number of rotatable bonds is 3. The van der Waals surface area contributed by atoms with Gasteiger partial charge in [-0.05, 0) is 44.4 Å². The Hall–Kier alpha value is -1.14. The van der Waals surface area contributed by atoms with Crippen molar-refractivity contribution in [1.82, 2.24) is 9.88 Å². The molecule has 3 heterocycles. The first-order valence-electron chi connectivity index (χ1n) is 8.18. The van der Waals surface area contributed by atoms with Gasteiger partial charge in [0, 0.05) is 32.4 Å². The summed E-state index contributed by atoms with van der Waals surface area (Å²) in [4.78, 5) is 9.13. The minimum absolute atomic E-state index is 0.215. The number of hydrogen-bond donors (Lipinski definition) is 0. The van der Waals surface area contributed by atoms with E-state index in [4.69, 9.17) is 0 Å². The number of pyridine rings is 1. The first-order chi connectivity index (χ1) is 10.5. The maximum absolute atomic E-state index is 11.9. The van der Waals surface area contributed by atoms with Crippen molar-refractivity contribution < 1.29 is 8.42 Å². The highest BCUT2D eigenvalue weighted by molar-refractivity contribution is 7.92. The Morgan fingerprint density at radius 1 is 1.18 bits per heavy atom. The van der Waals surface area contributed by atoms with Crippen molar-refractivity contribution in [2.24, 2.45) is 0 Å². The smallest absolute Gasteiger partial charge is 0.154 e. The molecule has 0 aromatic carbocycles. The van der Waals surface area contributed by atoms with Crippen LogP contribution in [-0.2, 0) is 16.4 Å². The van der Waals surface area contributed by atoms with Gasteiger partial charge in [-0.1, -0.05) is 6.07 Å². The molecule has 1 atom stereocenters. The Kier molecular flexibility index (Phi) is 4.68. The molecule has 1 unspecified atom stereocenters. The molecule has 122 valence electrons. The van der Waals surface area contributed by atoms with E-state index in [1.165, 1.54) is 12.8 Å². The van der Waals surface area contributed by atoms with Crippen LogP contribution in [0.25, 0.3) is 0 Å². The van der Waals surface area contributed by atoms with Crippen LogP contribution in [0.1, 0.15) is 31.7 Å². The van der Waals surface area contributed by atoms with Gasteiger partial charge in [0.2, 0.25) is 0 Å². The summed E-state index contributed by atoms with van der Waals surface area (Å²) >= 11 is 0. The van der Waals surface area contributed by atoms with E-state index in [9.17, 15) is 8.42 Å². The van der Waals surface area contributed by atoms with Crippen LogP contribution in [0.5, 0.6) is 0 Å². The summed E-state index contributed by atoms with van der Waals surface area (Å²) in [5.74, 6) is 1.33. The molecule has 0 radical (unpaired) electrons. The zero-order chi connectivity index (χ0) is 15.6. The lowest BCUT2D eigenvalue weighted by Crippen LogP contribution is -2.26. The first kappa shape index (κ1) is 15.7. The molecular formula is C16H25N3O2S. The predicted molar refractivity (Wildman–Crippen MR) is 88.8 cm³/mol. The molecule has 0 saturated carbocycles. The summed E-state index contributed by atoms with van der Waals surface area (Å²) in [5, 5.41) is -0.215. The molecule has 1 aromatic rings. The number of sulfone groups is 1. The number of hydrogen-bond acceptors (Lipinski definition) is 5. The second-order valence-electron chi connectivity index (χ2n) is 6.46. The Bertz CT molecular complexity index is 594.